The van der Waals surface area contributed by atoms with Crippen molar-refractivity contribution >= 4 is 59.1 Å². The molecule has 190 valence electrons. The van der Waals surface area contributed by atoms with Crippen molar-refractivity contribution in [1.82, 2.24) is 0 Å². The lowest BCUT2D eigenvalue weighted by Crippen LogP contribution is -2.18. The van der Waals surface area contributed by atoms with Gasteiger partial charge in [-0.25, -0.2) is 16.8 Å². The second kappa shape index (κ2) is 8.90. The first kappa shape index (κ1) is 25.3. The second-order valence-electron chi connectivity index (χ2n) is 9.03. The summed E-state index contributed by atoms with van der Waals surface area (Å²) in [6.45, 7) is 7.35. The molecular weight excluding hydrogens is 529 g/mol. The minimum Gasteiger partial charge on any atom is -0.281 e. The number of hydrogen-bond donors (Lipinski definition) is 2. The Kier molecular flexibility index (Phi) is 6.09. The van der Waals surface area contributed by atoms with Gasteiger partial charge in [0.15, 0.2) is 0 Å². The van der Waals surface area contributed by atoms with Crippen LogP contribution in [0.1, 0.15) is 32.6 Å². The summed E-state index contributed by atoms with van der Waals surface area (Å²) in [7, 11) is -8.50. The minimum atomic E-state index is -4.26. The summed E-state index contributed by atoms with van der Waals surface area (Å²) < 4.78 is 60.1. The van der Waals surface area contributed by atoms with E-state index in [0.29, 0.717) is 16.8 Å². The van der Waals surface area contributed by atoms with Crippen molar-refractivity contribution in [3.8, 4) is 0 Å². The van der Waals surface area contributed by atoms with Crippen molar-refractivity contribution in [2.75, 3.05) is 9.44 Å². The molecule has 1 aliphatic heterocycles. The average Bonchev–Trinajstić information content (AvgIpc) is 3.17. The molecule has 2 N–H and O–H groups in total. The first-order chi connectivity index (χ1) is 17.4. The highest BCUT2D eigenvalue weighted by molar-refractivity contribution is 8.15. The molecule has 0 saturated carbocycles. The summed E-state index contributed by atoms with van der Waals surface area (Å²) in [5.41, 5.74) is 4.37. The Labute approximate surface area is 220 Å². The molecule has 0 amide bonds. The van der Waals surface area contributed by atoms with Gasteiger partial charge in [-0.15, -0.1) is 0 Å². The molecule has 0 bridgehead atoms. The van der Waals surface area contributed by atoms with Gasteiger partial charge >= 0.3 is 0 Å². The van der Waals surface area contributed by atoms with Crippen LogP contribution in [0, 0.1) is 27.7 Å². The Morgan fingerprint density at radius 2 is 1.19 bits per heavy atom. The maximum atomic E-state index is 13.7. The van der Waals surface area contributed by atoms with Crippen molar-refractivity contribution in [2.45, 2.75) is 42.4 Å². The summed E-state index contributed by atoms with van der Waals surface area (Å²) in [6.07, 6.45) is 0. The Morgan fingerprint density at radius 1 is 0.676 bits per heavy atom. The van der Waals surface area contributed by atoms with E-state index in [1.165, 1.54) is 0 Å². The summed E-state index contributed by atoms with van der Waals surface area (Å²) in [5, 5.41) is 0.276. The number of rotatable bonds is 6. The van der Waals surface area contributed by atoms with E-state index in [2.05, 4.69) is 9.44 Å². The zero-order valence-electron chi connectivity index (χ0n) is 20.5. The van der Waals surface area contributed by atoms with Gasteiger partial charge in [-0.2, -0.15) is 0 Å². The van der Waals surface area contributed by atoms with Crippen LogP contribution in [0.5, 0.6) is 0 Å². The smallest absolute Gasteiger partial charge is 0.263 e. The fourth-order valence-electron chi connectivity index (χ4n) is 4.35. The predicted octanol–water partition coefficient (Wildman–Crippen LogP) is 5.92. The number of carbonyl (C=O) groups is 1. The highest BCUT2D eigenvalue weighted by Crippen LogP contribution is 2.47. The molecule has 7 nitrogen and oxygen atoms in total. The molecule has 37 heavy (non-hydrogen) atoms. The molecule has 0 saturated heterocycles. The zero-order chi connectivity index (χ0) is 26.7. The first-order valence-corrected chi connectivity index (χ1v) is 15.2. The Hall–Kier alpha value is -3.34. The summed E-state index contributed by atoms with van der Waals surface area (Å²) in [4.78, 5) is 12.5. The largest absolute Gasteiger partial charge is 0.281 e. The van der Waals surface area contributed by atoms with Crippen LogP contribution in [0.15, 0.2) is 75.4 Å². The Bertz CT molecular complexity index is 1850. The van der Waals surface area contributed by atoms with Crippen LogP contribution < -0.4 is 9.44 Å². The highest BCUT2D eigenvalue weighted by Gasteiger charge is 2.34. The number of benzene rings is 4. The third-order valence-corrected chi connectivity index (χ3v) is 10.7. The lowest BCUT2D eigenvalue weighted by molar-refractivity contribution is 0.109. The van der Waals surface area contributed by atoms with E-state index in [1.54, 1.807) is 56.3 Å². The number of aryl methyl sites for hydroxylation is 2. The van der Waals surface area contributed by atoms with Crippen LogP contribution in [0.4, 0.5) is 11.4 Å². The van der Waals surface area contributed by atoms with Crippen LogP contribution in [-0.4, -0.2) is 22.0 Å². The summed E-state index contributed by atoms with van der Waals surface area (Å²) >= 11 is 0.795. The van der Waals surface area contributed by atoms with Gasteiger partial charge in [0.1, 0.15) is 4.90 Å². The molecule has 1 aliphatic rings. The van der Waals surface area contributed by atoms with Gasteiger partial charge in [0.05, 0.1) is 16.3 Å². The molecule has 10 heteroatoms. The molecule has 1 heterocycles. The number of sulfonamides is 2. The van der Waals surface area contributed by atoms with Gasteiger partial charge < -0.3 is 0 Å². The highest BCUT2D eigenvalue weighted by atomic mass is 32.2. The van der Waals surface area contributed by atoms with Gasteiger partial charge in [0.2, 0.25) is 5.12 Å². The van der Waals surface area contributed by atoms with Crippen LogP contribution >= 0.6 is 11.8 Å². The zero-order valence-corrected chi connectivity index (χ0v) is 23.0. The Morgan fingerprint density at radius 3 is 1.76 bits per heavy atom. The van der Waals surface area contributed by atoms with E-state index in [-0.39, 0.29) is 30.8 Å². The first-order valence-electron chi connectivity index (χ1n) is 11.4. The van der Waals surface area contributed by atoms with E-state index in [0.717, 1.165) is 40.1 Å². The van der Waals surface area contributed by atoms with E-state index < -0.39 is 20.0 Å². The average molecular weight is 553 g/mol. The summed E-state index contributed by atoms with van der Waals surface area (Å²) in [6, 6.07) is 16.4. The fraction of sp³-hybridized carbons (Fsp3) is 0.148. The van der Waals surface area contributed by atoms with Crippen molar-refractivity contribution in [1.29, 1.82) is 0 Å². The van der Waals surface area contributed by atoms with Crippen molar-refractivity contribution in [2.24, 2.45) is 0 Å². The normalized spacial score (nSPS) is 13.2. The molecule has 0 spiro atoms. The fourth-order valence-corrected chi connectivity index (χ4v) is 8.42. The van der Waals surface area contributed by atoms with Gasteiger partial charge in [-0.1, -0.05) is 36.4 Å². The number of thioether (sulfide) groups is 1. The van der Waals surface area contributed by atoms with Gasteiger partial charge in [0.25, 0.3) is 20.0 Å². The van der Waals surface area contributed by atoms with Crippen LogP contribution in [0.3, 0.4) is 0 Å². The standard InChI is InChI=1S/C27H24N2O5S3/c1-15-8-5-12-21(17(15)3)28-36(31,32)23-14-24(26-25-19(23)10-7-11-20(25)27(30)35-26)37(33,34)29-22-13-6-9-16(2)18(22)4/h5-14,28-29H,1-4H3. The second-order valence-corrected chi connectivity index (χ2v) is 13.3. The van der Waals surface area contributed by atoms with Gasteiger partial charge in [0, 0.05) is 21.2 Å². The molecule has 0 unspecified atom stereocenters. The van der Waals surface area contributed by atoms with E-state index in [9.17, 15) is 21.6 Å². The Balaban J connectivity index is 1.74. The molecule has 4 aromatic carbocycles. The SMILES string of the molecule is Cc1cccc(NS(=O)(=O)c2cc(S(=O)(=O)Nc3cccc(C)c3C)c3cccc4c3c2SC4=O)c1C. The molecule has 0 fully saturated rings. The van der Waals surface area contributed by atoms with E-state index in [1.807, 2.05) is 26.0 Å². The molecule has 4 aromatic rings. The van der Waals surface area contributed by atoms with Crippen molar-refractivity contribution in [3.05, 3.63) is 88.5 Å². The molecule has 5 rings (SSSR count). The van der Waals surface area contributed by atoms with Crippen LogP contribution in [0.2, 0.25) is 0 Å². The number of hydrogen-bond acceptors (Lipinski definition) is 6. The molecule has 0 atom stereocenters. The van der Waals surface area contributed by atoms with Crippen LogP contribution in [-0.2, 0) is 20.0 Å². The number of carbonyl (C=O) groups excluding carboxylic acids is 1. The van der Waals surface area contributed by atoms with Gasteiger partial charge in [-0.05, 0) is 86.0 Å². The summed E-state index contributed by atoms with van der Waals surface area (Å²) in [5.74, 6) is 0. The van der Waals surface area contributed by atoms with E-state index in [4.69, 9.17) is 0 Å². The van der Waals surface area contributed by atoms with E-state index >= 15 is 0 Å². The molecular formula is C27H24N2O5S3. The monoisotopic (exact) mass is 552 g/mol. The lowest BCUT2D eigenvalue weighted by atomic mass is 10.1. The maximum Gasteiger partial charge on any atom is 0.263 e. The minimum absolute atomic E-state index is 0.217. The molecule has 0 aromatic heterocycles. The quantitative estimate of drug-likeness (QED) is 0.307. The molecule has 0 aliphatic carbocycles. The topological polar surface area (TPSA) is 109 Å². The maximum absolute atomic E-state index is 13.7. The molecule has 0 radical (unpaired) electrons. The number of anilines is 2. The van der Waals surface area contributed by atoms with Gasteiger partial charge in [-0.3, -0.25) is 14.2 Å². The number of nitrogens with one attached hydrogen (secondary N) is 2. The third-order valence-electron chi connectivity index (χ3n) is 6.73. The predicted molar refractivity (Wildman–Crippen MR) is 148 cm³/mol. The van der Waals surface area contributed by atoms with Crippen molar-refractivity contribution in [3.63, 3.8) is 0 Å². The third kappa shape index (κ3) is 4.28. The van der Waals surface area contributed by atoms with Crippen molar-refractivity contribution < 1.29 is 21.6 Å². The lowest BCUT2D eigenvalue weighted by Gasteiger charge is -2.17. The van der Waals surface area contributed by atoms with Crippen LogP contribution in [0.25, 0.3) is 10.8 Å².